The highest BCUT2D eigenvalue weighted by molar-refractivity contribution is 6.05. The molecule has 3 rings (SSSR count). The van der Waals surface area contributed by atoms with Gasteiger partial charge in [0.2, 0.25) is 5.91 Å². The minimum absolute atomic E-state index is 0.0433. The minimum Gasteiger partial charge on any atom is -0.326 e. The number of pyridine rings is 1. The summed E-state index contributed by atoms with van der Waals surface area (Å²) < 4.78 is 0. The summed E-state index contributed by atoms with van der Waals surface area (Å²) in [6.07, 6.45) is 5.28. The molecule has 2 heterocycles. The predicted octanol–water partition coefficient (Wildman–Crippen LogP) is 3.09. The molecule has 0 fully saturated rings. The standard InChI is InChI=1S/C18H19N3O2/c1-3-12-10-19-7-6-15(12)18(23)20-14-8-11(2)17-13(9-14)4-5-16(22)21-17/h6-10H,3-5H2,1-2H3,(H,20,23)(H,21,22). The lowest BCUT2D eigenvalue weighted by molar-refractivity contribution is -0.116. The zero-order chi connectivity index (χ0) is 16.4. The SMILES string of the molecule is CCc1cnccc1C(=O)Nc1cc(C)c2c(c1)CCC(=O)N2. The van der Waals surface area contributed by atoms with Crippen molar-refractivity contribution >= 4 is 23.2 Å². The number of amides is 2. The molecule has 0 saturated heterocycles. The first kappa shape index (κ1) is 15.2. The Morgan fingerprint density at radius 2 is 2.17 bits per heavy atom. The number of rotatable bonds is 3. The van der Waals surface area contributed by atoms with E-state index >= 15 is 0 Å². The van der Waals surface area contributed by atoms with Gasteiger partial charge in [-0.3, -0.25) is 14.6 Å². The van der Waals surface area contributed by atoms with E-state index in [1.165, 1.54) is 0 Å². The van der Waals surface area contributed by atoms with Gasteiger partial charge in [0.15, 0.2) is 0 Å². The summed E-state index contributed by atoms with van der Waals surface area (Å²) >= 11 is 0. The number of aryl methyl sites for hydroxylation is 3. The number of carbonyl (C=O) groups is 2. The van der Waals surface area contributed by atoms with Gasteiger partial charge in [0.25, 0.3) is 5.91 Å². The van der Waals surface area contributed by atoms with Crippen LogP contribution in [0.25, 0.3) is 0 Å². The largest absolute Gasteiger partial charge is 0.326 e. The van der Waals surface area contributed by atoms with E-state index in [0.29, 0.717) is 18.4 Å². The first-order valence-corrected chi connectivity index (χ1v) is 7.76. The van der Waals surface area contributed by atoms with Crippen LogP contribution in [0.15, 0.2) is 30.6 Å². The Labute approximate surface area is 135 Å². The van der Waals surface area contributed by atoms with Gasteiger partial charge in [-0.1, -0.05) is 6.92 Å². The van der Waals surface area contributed by atoms with Gasteiger partial charge in [-0.25, -0.2) is 0 Å². The average molecular weight is 309 g/mol. The quantitative estimate of drug-likeness (QED) is 0.915. The lowest BCUT2D eigenvalue weighted by atomic mass is 9.98. The highest BCUT2D eigenvalue weighted by atomic mass is 16.2. The molecule has 0 saturated carbocycles. The summed E-state index contributed by atoms with van der Waals surface area (Å²) in [5.74, 6) is -0.0924. The van der Waals surface area contributed by atoms with Gasteiger partial charge in [-0.2, -0.15) is 0 Å². The maximum Gasteiger partial charge on any atom is 0.256 e. The van der Waals surface area contributed by atoms with Crippen LogP contribution in [-0.2, 0) is 17.6 Å². The highest BCUT2D eigenvalue weighted by Crippen LogP contribution is 2.30. The van der Waals surface area contributed by atoms with Gasteiger partial charge < -0.3 is 10.6 Å². The molecule has 2 aromatic rings. The maximum absolute atomic E-state index is 12.5. The summed E-state index contributed by atoms with van der Waals surface area (Å²) in [4.78, 5) is 28.1. The molecule has 0 radical (unpaired) electrons. The fourth-order valence-corrected chi connectivity index (χ4v) is 2.89. The van der Waals surface area contributed by atoms with Crippen LogP contribution in [0.1, 0.15) is 40.4 Å². The number of fused-ring (bicyclic) bond motifs is 1. The Morgan fingerprint density at radius 3 is 2.96 bits per heavy atom. The smallest absolute Gasteiger partial charge is 0.256 e. The molecular formula is C18H19N3O2. The van der Waals surface area contributed by atoms with Crippen molar-refractivity contribution in [3.05, 3.63) is 52.8 Å². The van der Waals surface area contributed by atoms with Gasteiger partial charge in [-0.05, 0) is 54.7 Å². The Morgan fingerprint density at radius 1 is 1.35 bits per heavy atom. The van der Waals surface area contributed by atoms with Crippen molar-refractivity contribution < 1.29 is 9.59 Å². The third-order valence-corrected chi connectivity index (χ3v) is 4.09. The van der Waals surface area contributed by atoms with Gasteiger partial charge in [0, 0.05) is 35.8 Å². The zero-order valence-corrected chi connectivity index (χ0v) is 13.3. The number of hydrogen-bond donors (Lipinski definition) is 2. The second-order valence-electron chi connectivity index (χ2n) is 5.72. The van der Waals surface area contributed by atoms with E-state index in [0.717, 1.165) is 34.5 Å². The molecule has 1 aromatic heterocycles. The van der Waals surface area contributed by atoms with E-state index in [1.54, 1.807) is 18.5 Å². The van der Waals surface area contributed by atoms with Crippen LogP contribution >= 0.6 is 0 Å². The molecule has 2 amide bonds. The monoisotopic (exact) mass is 309 g/mol. The minimum atomic E-state index is -0.136. The fraction of sp³-hybridized carbons (Fsp3) is 0.278. The molecular weight excluding hydrogens is 290 g/mol. The summed E-state index contributed by atoms with van der Waals surface area (Å²) in [6, 6.07) is 5.56. The summed E-state index contributed by atoms with van der Waals surface area (Å²) in [5.41, 5.74) is 5.21. The van der Waals surface area contributed by atoms with E-state index in [2.05, 4.69) is 15.6 Å². The van der Waals surface area contributed by atoms with Gasteiger partial charge in [0.1, 0.15) is 0 Å². The number of benzene rings is 1. The Bertz CT molecular complexity index is 784. The predicted molar refractivity (Wildman–Crippen MR) is 89.7 cm³/mol. The molecule has 5 heteroatoms. The topological polar surface area (TPSA) is 71.1 Å². The van der Waals surface area contributed by atoms with Crippen LogP contribution in [0, 0.1) is 6.92 Å². The Kier molecular flexibility index (Phi) is 4.10. The fourth-order valence-electron chi connectivity index (χ4n) is 2.89. The molecule has 0 unspecified atom stereocenters. The number of nitrogens with one attached hydrogen (secondary N) is 2. The van der Waals surface area contributed by atoms with E-state index in [1.807, 2.05) is 26.0 Å². The van der Waals surface area contributed by atoms with Crippen molar-refractivity contribution in [1.29, 1.82) is 0 Å². The molecule has 2 N–H and O–H groups in total. The summed E-state index contributed by atoms with van der Waals surface area (Å²) in [6.45, 7) is 3.93. The van der Waals surface area contributed by atoms with Crippen LogP contribution < -0.4 is 10.6 Å². The maximum atomic E-state index is 12.5. The van der Waals surface area contributed by atoms with Crippen molar-refractivity contribution in [3.63, 3.8) is 0 Å². The van der Waals surface area contributed by atoms with E-state index in [4.69, 9.17) is 0 Å². The Hall–Kier alpha value is -2.69. The van der Waals surface area contributed by atoms with Crippen LogP contribution in [-0.4, -0.2) is 16.8 Å². The first-order valence-electron chi connectivity index (χ1n) is 7.76. The highest BCUT2D eigenvalue weighted by Gasteiger charge is 2.18. The third-order valence-electron chi connectivity index (χ3n) is 4.09. The van der Waals surface area contributed by atoms with Gasteiger partial charge in [0.05, 0.1) is 0 Å². The molecule has 23 heavy (non-hydrogen) atoms. The van der Waals surface area contributed by atoms with Gasteiger partial charge >= 0.3 is 0 Å². The molecule has 0 bridgehead atoms. The summed E-state index contributed by atoms with van der Waals surface area (Å²) in [7, 11) is 0. The summed E-state index contributed by atoms with van der Waals surface area (Å²) in [5, 5.41) is 5.85. The number of anilines is 2. The molecule has 0 aliphatic carbocycles. The van der Waals surface area contributed by atoms with Crippen LogP contribution in [0.2, 0.25) is 0 Å². The van der Waals surface area contributed by atoms with Crippen molar-refractivity contribution in [2.24, 2.45) is 0 Å². The van der Waals surface area contributed by atoms with E-state index < -0.39 is 0 Å². The first-order chi connectivity index (χ1) is 11.1. The van der Waals surface area contributed by atoms with Gasteiger partial charge in [-0.15, -0.1) is 0 Å². The lowest BCUT2D eigenvalue weighted by Gasteiger charge is -2.20. The average Bonchev–Trinajstić information content (AvgIpc) is 2.55. The number of carbonyl (C=O) groups excluding carboxylic acids is 2. The molecule has 5 nitrogen and oxygen atoms in total. The number of aromatic nitrogens is 1. The normalized spacial score (nSPS) is 13.2. The van der Waals surface area contributed by atoms with Crippen molar-refractivity contribution in [2.75, 3.05) is 10.6 Å². The third kappa shape index (κ3) is 3.08. The van der Waals surface area contributed by atoms with Crippen molar-refractivity contribution in [2.45, 2.75) is 33.1 Å². The zero-order valence-electron chi connectivity index (χ0n) is 13.3. The number of hydrogen-bond acceptors (Lipinski definition) is 3. The Balaban J connectivity index is 1.87. The van der Waals surface area contributed by atoms with Crippen molar-refractivity contribution in [1.82, 2.24) is 4.98 Å². The lowest BCUT2D eigenvalue weighted by Crippen LogP contribution is -2.21. The molecule has 0 atom stereocenters. The van der Waals surface area contributed by atoms with E-state index in [-0.39, 0.29) is 11.8 Å². The molecule has 1 aromatic carbocycles. The van der Waals surface area contributed by atoms with Crippen molar-refractivity contribution in [3.8, 4) is 0 Å². The molecule has 1 aliphatic rings. The second-order valence-corrected chi connectivity index (χ2v) is 5.72. The van der Waals surface area contributed by atoms with E-state index in [9.17, 15) is 9.59 Å². The number of nitrogens with zero attached hydrogens (tertiary/aromatic N) is 1. The van der Waals surface area contributed by atoms with Crippen LogP contribution in [0.4, 0.5) is 11.4 Å². The van der Waals surface area contributed by atoms with Crippen LogP contribution in [0.5, 0.6) is 0 Å². The molecule has 118 valence electrons. The molecule has 1 aliphatic heterocycles. The second kappa shape index (κ2) is 6.20. The van der Waals surface area contributed by atoms with Crippen LogP contribution in [0.3, 0.4) is 0 Å². The molecule has 0 spiro atoms.